The summed E-state index contributed by atoms with van der Waals surface area (Å²) >= 11 is 0. The van der Waals surface area contributed by atoms with Crippen LogP contribution in [0.4, 0.5) is 0 Å². The van der Waals surface area contributed by atoms with Crippen LogP contribution < -0.4 is 5.73 Å². The first kappa shape index (κ1) is 16.8. The molecule has 0 heterocycles. The number of hydrogen-bond acceptors (Lipinski definition) is 1. The molecular formula is C18H35N. The Bertz CT molecular complexity index is 232. The van der Waals surface area contributed by atoms with E-state index in [1.54, 1.807) is 5.57 Å². The molecule has 0 aromatic carbocycles. The number of unbranched alkanes of at least 4 members (excludes halogenated alkanes) is 6. The fourth-order valence-electron chi connectivity index (χ4n) is 3.06. The summed E-state index contributed by atoms with van der Waals surface area (Å²) in [4.78, 5) is 0. The minimum Gasteiger partial charge on any atom is -0.324 e. The lowest BCUT2D eigenvalue weighted by atomic mass is 9.92. The Balaban J connectivity index is 2.07. The Hall–Kier alpha value is -0.300. The minimum absolute atomic E-state index is 0.355. The molecule has 1 atom stereocenters. The maximum Gasteiger partial charge on any atom is 0.0253 e. The van der Waals surface area contributed by atoms with Gasteiger partial charge in [-0.3, -0.25) is 0 Å². The van der Waals surface area contributed by atoms with Crippen LogP contribution in [0.5, 0.6) is 0 Å². The molecule has 0 aliphatic heterocycles. The maximum atomic E-state index is 6.36. The van der Waals surface area contributed by atoms with E-state index in [0.29, 0.717) is 6.04 Å². The van der Waals surface area contributed by atoms with Gasteiger partial charge >= 0.3 is 0 Å². The van der Waals surface area contributed by atoms with E-state index in [-0.39, 0.29) is 0 Å². The van der Waals surface area contributed by atoms with Gasteiger partial charge in [0.2, 0.25) is 0 Å². The molecule has 1 aliphatic rings. The van der Waals surface area contributed by atoms with Gasteiger partial charge in [-0.2, -0.15) is 0 Å². The smallest absolute Gasteiger partial charge is 0.0253 e. The molecule has 1 nitrogen and oxygen atoms in total. The van der Waals surface area contributed by atoms with Crippen LogP contribution in [-0.2, 0) is 0 Å². The summed E-state index contributed by atoms with van der Waals surface area (Å²) in [7, 11) is 0. The van der Waals surface area contributed by atoms with E-state index in [1.165, 1.54) is 89.9 Å². The van der Waals surface area contributed by atoms with Gasteiger partial charge in [-0.15, -0.1) is 0 Å². The molecule has 0 spiro atoms. The van der Waals surface area contributed by atoms with Crippen LogP contribution >= 0.6 is 0 Å². The Labute approximate surface area is 121 Å². The highest BCUT2D eigenvalue weighted by Gasteiger charge is 2.10. The van der Waals surface area contributed by atoms with Crippen LogP contribution in [0, 0.1) is 0 Å². The second-order valence-corrected chi connectivity index (χ2v) is 6.25. The fourth-order valence-corrected chi connectivity index (χ4v) is 3.06. The first-order valence-electron chi connectivity index (χ1n) is 8.79. The van der Waals surface area contributed by atoms with E-state index < -0.39 is 0 Å². The lowest BCUT2D eigenvalue weighted by molar-refractivity contribution is 0.535. The van der Waals surface area contributed by atoms with E-state index in [2.05, 4.69) is 13.0 Å². The predicted molar refractivity (Wildman–Crippen MR) is 86.4 cm³/mol. The lowest BCUT2D eigenvalue weighted by Crippen LogP contribution is -2.23. The van der Waals surface area contributed by atoms with Gasteiger partial charge in [-0.25, -0.2) is 0 Å². The van der Waals surface area contributed by atoms with Crippen molar-refractivity contribution in [1.82, 2.24) is 0 Å². The Morgan fingerprint density at radius 3 is 2.42 bits per heavy atom. The van der Waals surface area contributed by atoms with Gasteiger partial charge in [0.05, 0.1) is 0 Å². The molecule has 0 radical (unpaired) electrons. The highest BCUT2D eigenvalue weighted by atomic mass is 14.6. The zero-order valence-corrected chi connectivity index (χ0v) is 13.1. The summed E-state index contributed by atoms with van der Waals surface area (Å²) in [6.07, 6.45) is 21.4. The van der Waals surface area contributed by atoms with Crippen LogP contribution in [0.25, 0.3) is 0 Å². The molecule has 1 unspecified atom stereocenters. The molecule has 1 rings (SSSR count). The molecule has 0 bridgehead atoms. The minimum atomic E-state index is 0.355. The molecule has 0 aromatic rings. The van der Waals surface area contributed by atoms with Crippen LogP contribution in [0.2, 0.25) is 0 Å². The second kappa shape index (κ2) is 11.5. The van der Waals surface area contributed by atoms with Crippen molar-refractivity contribution < 1.29 is 0 Å². The summed E-state index contributed by atoms with van der Waals surface area (Å²) in [6, 6.07) is 0.355. The van der Waals surface area contributed by atoms with Crippen molar-refractivity contribution in [1.29, 1.82) is 0 Å². The van der Waals surface area contributed by atoms with Crippen molar-refractivity contribution in [2.45, 2.75) is 103 Å². The first-order chi connectivity index (χ1) is 9.34. The summed E-state index contributed by atoms with van der Waals surface area (Å²) in [5.41, 5.74) is 7.92. The van der Waals surface area contributed by atoms with E-state index in [4.69, 9.17) is 5.73 Å². The molecule has 0 saturated carbocycles. The van der Waals surface area contributed by atoms with Gasteiger partial charge in [-0.1, -0.05) is 76.4 Å². The highest BCUT2D eigenvalue weighted by Crippen LogP contribution is 2.21. The van der Waals surface area contributed by atoms with Crippen molar-refractivity contribution in [2.75, 3.05) is 0 Å². The third-order valence-corrected chi connectivity index (χ3v) is 4.42. The van der Waals surface area contributed by atoms with Crippen LogP contribution in [-0.4, -0.2) is 6.04 Å². The fraction of sp³-hybridized carbons (Fsp3) is 0.889. The average Bonchev–Trinajstić information content (AvgIpc) is 2.37. The normalized spacial score (nSPS) is 18.5. The van der Waals surface area contributed by atoms with Gasteiger partial charge in [-0.05, 0) is 32.1 Å². The molecule has 1 aliphatic carbocycles. The van der Waals surface area contributed by atoms with Gasteiger partial charge in [0, 0.05) is 6.04 Å². The second-order valence-electron chi connectivity index (χ2n) is 6.25. The van der Waals surface area contributed by atoms with Crippen molar-refractivity contribution in [3.05, 3.63) is 11.6 Å². The number of rotatable bonds is 9. The van der Waals surface area contributed by atoms with E-state index in [9.17, 15) is 0 Å². The van der Waals surface area contributed by atoms with Crippen LogP contribution in [0.15, 0.2) is 11.6 Å². The molecule has 0 aromatic heterocycles. The van der Waals surface area contributed by atoms with Crippen molar-refractivity contribution >= 4 is 0 Å². The predicted octanol–water partition coefficient (Wildman–Crippen LogP) is 5.74. The standard InChI is InChI=1S/C18H35N/c1-2-3-4-5-6-10-13-16-18(19)17-14-11-8-7-9-12-15-17/h14,18H,2-13,15-16,19H2,1H3. The molecular weight excluding hydrogens is 230 g/mol. The number of hydrogen-bond donors (Lipinski definition) is 1. The quantitative estimate of drug-likeness (QED) is 0.418. The third kappa shape index (κ3) is 8.47. The van der Waals surface area contributed by atoms with Crippen LogP contribution in [0.3, 0.4) is 0 Å². The van der Waals surface area contributed by atoms with Crippen molar-refractivity contribution in [3.8, 4) is 0 Å². The summed E-state index contributed by atoms with van der Waals surface area (Å²) < 4.78 is 0. The van der Waals surface area contributed by atoms with Crippen molar-refractivity contribution in [3.63, 3.8) is 0 Å². The largest absolute Gasteiger partial charge is 0.324 e. The van der Waals surface area contributed by atoms with Crippen LogP contribution in [0.1, 0.15) is 96.8 Å². The molecule has 2 N–H and O–H groups in total. The summed E-state index contributed by atoms with van der Waals surface area (Å²) in [5, 5.41) is 0. The molecule has 0 amide bonds. The molecule has 1 heteroatoms. The molecule has 19 heavy (non-hydrogen) atoms. The van der Waals surface area contributed by atoms with Gasteiger partial charge in [0.15, 0.2) is 0 Å². The SMILES string of the molecule is CCCCCCCCCC(N)C1=CCCCCCC1. The highest BCUT2D eigenvalue weighted by molar-refractivity contribution is 5.10. The lowest BCUT2D eigenvalue weighted by Gasteiger charge is -2.18. The zero-order valence-electron chi connectivity index (χ0n) is 13.1. The molecule has 0 fully saturated rings. The molecule has 112 valence electrons. The van der Waals surface area contributed by atoms with E-state index >= 15 is 0 Å². The average molecular weight is 265 g/mol. The van der Waals surface area contributed by atoms with E-state index in [0.717, 1.165) is 0 Å². The number of nitrogens with two attached hydrogens (primary N) is 1. The van der Waals surface area contributed by atoms with Gasteiger partial charge < -0.3 is 5.73 Å². The maximum absolute atomic E-state index is 6.36. The Morgan fingerprint density at radius 2 is 1.63 bits per heavy atom. The van der Waals surface area contributed by atoms with Crippen molar-refractivity contribution in [2.24, 2.45) is 5.73 Å². The van der Waals surface area contributed by atoms with E-state index in [1.807, 2.05) is 0 Å². The topological polar surface area (TPSA) is 26.0 Å². The summed E-state index contributed by atoms with van der Waals surface area (Å²) in [5.74, 6) is 0. The van der Waals surface area contributed by atoms with Gasteiger partial charge in [0.1, 0.15) is 0 Å². The first-order valence-corrected chi connectivity index (χ1v) is 8.79. The molecule has 0 saturated heterocycles. The third-order valence-electron chi connectivity index (χ3n) is 4.42. The monoisotopic (exact) mass is 265 g/mol. The Kier molecular flexibility index (Phi) is 10.2. The van der Waals surface area contributed by atoms with Gasteiger partial charge in [0.25, 0.3) is 0 Å². The Morgan fingerprint density at radius 1 is 0.947 bits per heavy atom. The summed E-state index contributed by atoms with van der Waals surface area (Å²) in [6.45, 7) is 2.28. The zero-order chi connectivity index (χ0) is 13.8. The number of allylic oxidation sites excluding steroid dienone is 1.